The number of nitrogens with one attached hydrogen (secondary N) is 1. The van der Waals surface area contributed by atoms with Gasteiger partial charge in [-0.15, -0.1) is 0 Å². The summed E-state index contributed by atoms with van der Waals surface area (Å²) in [6.07, 6.45) is 2.29. The first kappa shape index (κ1) is 16.0. The standard InChI is InChI=1S/C16H27NO2/c1-5-13(2)19-16-10-7-6-9-15(16)14(3)17-11-8-12-18-4/h6-7,9-10,13-14,17H,5,8,11-12H2,1-4H3/t13-,14-/m0/s1. The minimum atomic E-state index is 0.252. The lowest BCUT2D eigenvalue weighted by Crippen LogP contribution is -2.22. The van der Waals surface area contributed by atoms with E-state index in [9.17, 15) is 0 Å². The number of rotatable bonds is 9. The van der Waals surface area contributed by atoms with Crippen LogP contribution in [0.15, 0.2) is 24.3 Å². The minimum Gasteiger partial charge on any atom is -0.490 e. The Morgan fingerprint density at radius 2 is 1.95 bits per heavy atom. The van der Waals surface area contributed by atoms with E-state index in [1.54, 1.807) is 7.11 Å². The summed E-state index contributed by atoms with van der Waals surface area (Å²) < 4.78 is 11.0. The Morgan fingerprint density at radius 1 is 1.21 bits per heavy atom. The van der Waals surface area contributed by atoms with Crippen molar-refractivity contribution in [1.82, 2.24) is 5.32 Å². The van der Waals surface area contributed by atoms with Crippen molar-refractivity contribution in [2.75, 3.05) is 20.3 Å². The Labute approximate surface area is 117 Å². The highest BCUT2D eigenvalue weighted by molar-refractivity contribution is 5.35. The van der Waals surface area contributed by atoms with E-state index in [0.29, 0.717) is 0 Å². The largest absolute Gasteiger partial charge is 0.490 e. The highest BCUT2D eigenvalue weighted by Crippen LogP contribution is 2.26. The maximum absolute atomic E-state index is 5.98. The highest BCUT2D eigenvalue weighted by atomic mass is 16.5. The number of ether oxygens (including phenoxy) is 2. The van der Waals surface area contributed by atoms with Crippen molar-refractivity contribution in [3.8, 4) is 5.75 Å². The van der Waals surface area contributed by atoms with E-state index in [1.165, 1.54) is 5.56 Å². The molecular formula is C16H27NO2. The molecule has 0 saturated heterocycles. The van der Waals surface area contributed by atoms with E-state index in [1.807, 2.05) is 6.07 Å². The summed E-state index contributed by atoms with van der Waals surface area (Å²) in [5, 5.41) is 3.51. The van der Waals surface area contributed by atoms with Crippen LogP contribution in [0.1, 0.15) is 45.2 Å². The van der Waals surface area contributed by atoms with E-state index in [-0.39, 0.29) is 12.1 Å². The zero-order valence-electron chi connectivity index (χ0n) is 12.6. The molecule has 0 aliphatic heterocycles. The average molecular weight is 265 g/mol. The van der Waals surface area contributed by atoms with Gasteiger partial charge in [-0.1, -0.05) is 25.1 Å². The predicted molar refractivity (Wildman–Crippen MR) is 79.7 cm³/mol. The molecule has 3 nitrogen and oxygen atoms in total. The third-order valence-electron chi connectivity index (χ3n) is 3.26. The smallest absolute Gasteiger partial charge is 0.124 e. The maximum atomic E-state index is 5.98. The van der Waals surface area contributed by atoms with Crippen LogP contribution >= 0.6 is 0 Å². The van der Waals surface area contributed by atoms with Crippen LogP contribution in [-0.4, -0.2) is 26.4 Å². The maximum Gasteiger partial charge on any atom is 0.124 e. The molecule has 0 bridgehead atoms. The van der Waals surface area contributed by atoms with Gasteiger partial charge in [-0.25, -0.2) is 0 Å². The van der Waals surface area contributed by atoms with Gasteiger partial charge in [0.2, 0.25) is 0 Å². The second-order valence-corrected chi connectivity index (χ2v) is 4.90. The Bertz CT molecular complexity index is 354. The van der Waals surface area contributed by atoms with Crippen LogP contribution in [0, 0.1) is 0 Å². The molecule has 3 heteroatoms. The molecule has 1 N–H and O–H groups in total. The third-order valence-corrected chi connectivity index (χ3v) is 3.26. The van der Waals surface area contributed by atoms with E-state index >= 15 is 0 Å². The van der Waals surface area contributed by atoms with Crippen LogP contribution in [0.3, 0.4) is 0 Å². The molecule has 2 atom stereocenters. The summed E-state index contributed by atoms with van der Waals surface area (Å²) in [6, 6.07) is 8.56. The molecule has 0 fully saturated rings. The SMILES string of the molecule is CC[C@H](C)Oc1ccccc1[C@H](C)NCCCOC. The van der Waals surface area contributed by atoms with Gasteiger partial charge < -0.3 is 14.8 Å². The lowest BCUT2D eigenvalue weighted by molar-refractivity contribution is 0.193. The normalized spacial score (nSPS) is 14.1. The topological polar surface area (TPSA) is 30.5 Å². The Hall–Kier alpha value is -1.06. The first-order valence-corrected chi connectivity index (χ1v) is 7.17. The molecule has 0 aliphatic rings. The van der Waals surface area contributed by atoms with Gasteiger partial charge in [-0.2, -0.15) is 0 Å². The summed E-state index contributed by atoms with van der Waals surface area (Å²) in [4.78, 5) is 0. The monoisotopic (exact) mass is 265 g/mol. The van der Waals surface area contributed by atoms with Crippen LogP contribution in [0.5, 0.6) is 5.75 Å². The van der Waals surface area contributed by atoms with Crippen LogP contribution in [0.2, 0.25) is 0 Å². The second kappa shape index (κ2) is 8.94. The number of hydrogen-bond acceptors (Lipinski definition) is 3. The molecular weight excluding hydrogens is 238 g/mol. The molecule has 108 valence electrons. The third kappa shape index (κ3) is 5.62. The van der Waals surface area contributed by atoms with E-state index in [4.69, 9.17) is 9.47 Å². The molecule has 0 heterocycles. The molecule has 0 aliphatic carbocycles. The predicted octanol–water partition coefficient (Wildman–Crippen LogP) is 3.55. The van der Waals surface area contributed by atoms with Crippen molar-refractivity contribution < 1.29 is 9.47 Å². The number of hydrogen-bond donors (Lipinski definition) is 1. The molecule has 0 spiro atoms. The van der Waals surface area contributed by atoms with E-state index < -0.39 is 0 Å². The molecule has 1 aromatic carbocycles. The Kier molecular flexibility index (Phi) is 7.53. The Morgan fingerprint density at radius 3 is 2.63 bits per heavy atom. The van der Waals surface area contributed by atoms with Crippen LogP contribution in [0.25, 0.3) is 0 Å². The molecule has 0 radical (unpaired) electrons. The van der Waals surface area contributed by atoms with Crippen molar-refractivity contribution >= 4 is 0 Å². The molecule has 19 heavy (non-hydrogen) atoms. The van der Waals surface area contributed by atoms with Crippen LogP contribution < -0.4 is 10.1 Å². The van der Waals surface area contributed by atoms with Gasteiger partial charge in [0.25, 0.3) is 0 Å². The summed E-state index contributed by atoms with van der Waals surface area (Å²) >= 11 is 0. The van der Waals surface area contributed by atoms with Gasteiger partial charge in [0.05, 0.1) is 6.10 Å². The van der Waals surface area contributed by atoms with Gasteiger partial charge in [0, 0.05) is 25.3 Å². The first-order valence-electron chi connectivity index (χ1n) is 7.17. The van der Waals surface area contributed by atoms with Gasteiger partial charge in [-0.05, 0) is 39.3 Å². The fraction of sp³-hybridized carbons (Fsp3) is 0.625. The van der Waals surface area contributed by atoms with Crippen molar-refractivity contribution in [2.45, 2.75) is 45.8 Å². The summed E-state index contributed by atoms with van der Waals surface area (Å²) in [5.74, 6) is 0.989. The molecule has 1 rings (SSSR count). The summed E-state index contributed by atoms with van der Waals surface area (Å²) in [7, 11) is 1.73. The molecule has 0 unspecified atom stereocenters. The lowest BCUT2D eigenvalue weighted by Gasteiger charge is -2.20. The van der Waals surface area contributed by atoms with E-state index in [2.05, 4.69) is 44.3 Å². The molecule has 0 aromatic heterocycles. The van der Waals surface area contributed by atoms with Crippen molar-refractivity contribution in [1.29, 1.82) is 0 Å². The van der Waals surface area contributed by atoms with Gasteiger partial charge in [-0.3, -0.25) is 0 Å². The molecule has 0 amide bonds. The van der Waals surface area contributed by atoms with Crippen molar-refractivity contribution in [2.24, 2.45) is 0 Å². The first-order chi connectivity index (χ1) is 9.19. The van der Waals surface area contributed by atoms with Crippen LogP contribution in [-0.2, 0) is 4.74 Å². The van der Waals surface area contributed by atoms with Crippen molar-refractivity contribution in [3.05, 3.63) is 29.8 Å². The van der Waals surface area contributed by atoms with Gasteiger partial charge >= 0.3 is 0 Å². The highest BCUT2D eigenvalue weighted by Gasteiger charge is 2.12. The molecule has 1 aromatic rings. The van der Waals surface area contributed by atoms with Gasteiger partial charge in [0.1, 0.15) is 5.75 Å². The lowest BCUT2D eigenvalue weighted by atomic mass is 10.1. The summed E-state index contributed by atoms with van der Waals surface area (Å²) in [6.45, 7) is 8.16. The Balaban J connectivity index is 2.59. The summed E-state index contributed by atoms with van der Waals surface area (Å²) in [5.41, 5.74) is 1.22. The van der Waals surface area contributed by atoms with Gasteiger partial charge in [0.15, 0.2) is 0 Å². The van der Waals surface area contributed by atoms with E-state index in [0.717, 1.165) is 31.7 Å². The number of benzene rings is 1. The average Bonchev–Trinajstić information content (AvgIpc) is 2.43. The quantitative estimate of drug-likeness (QED) is 0.693. The fourth-order valence-electron chi connectivity index (χ4n) is 1.89. The second-order valence-electron chi connectivity index (χ2n) is 4.90. The zero-order valence-corrected chi connectivity index (χ0v) is 12.6. The van der Waals surface area contributed by atoms with Crippen LogP contribution in [0.4, 0.5) is 0 Å². The fourth-order valence-corrected chi connectivity index (χ4v) is 1.89. The minimum absolute atomic E-state index is 0.252. The zero-order chi connectivity index (χ0) is 14.1. The van der Waals surface area contributed by atoms with Crippen molar-refractivity contribution in [3.63, 3.8) is 0 Å². The number of para-hydroxylation sites is 1. The molecule has 0 saturated carbocycles. The number of methoxy groups -OCH3 is 1.